The average Bonchev–Trinajstić information content (AvgIpc) is 2.87. The van der Waals surface area contributed by atoms with Crippen LogP contribution < -0.4 is 19.2 Å². The molecule has 0 aromatic heterocycles. The number of halogens is 1. The monoisotopic (exact) mass is 514 g/mol. The maximum Gasteiger partial charge on any atom is 0.278 e. The molecule has 3 aromatic carbocycles. The van der Waals surface area contributed by atoms with Gasteiger partial charge in [-0.15, -0.1) is 0 Å². The number of amides is 1. The number of carbonyl (C=O) groups excluding carboxylic acids is 1. The Balaban J connectivity index is 1.59. The highest BCUT2D eigenvalue weighted by Crippen LogP contribution is 2.34. The normalized spacial score (nSPS) is 12.8. The van der Waals surface area contributed by atoms with Crippen LogP contribution in [0.1, 0.15) is 5.56 Å². The first-order chi connectivity index (χ1) is 17.3. The predicted octanol–water partition coefficient (Wildman–Crippen LogP) is 2.85. The van der Waals surface area contributed by atoms with Crippen LogP contribution in [0.5, 0.6) is 11.5 Å². The lowest BCUT2D eigenvalue weighted by atomic mass is 10.2. The highest BCUT2D eigenvalue weighted by atomic mass is 32.2. The Hall–Kier alpha value is -4.52. The largest absolute Gasteiger partial charge is 0.486 e. The first-order valence-electron chi connectivity index (χ1n) is 10.5. The Morgan fingerprint density at radius 3 is 2.50 bits per heavy atom. The number of para-hydroxylation sites is 1. The minimum Gasteiger partial charge on any atom is -0.486 e. The summed E-state index contributed by atoms with van der Waals surface area (Å²) < 4.78 is 52.2. The van der Waals surface area contributed by atoms with Crippen molar-refractivity contribution in [2.24, 2.45) is 5.10 Å². The lowest BCUT2D eigenvalue weighted by Gasteiger charge is -2.25. The molecule has 1 N–H and O–H groups in total. The molecule has 1 heterocycles. The Morgan fingerprint density at radius 1 is 1.08 bits per heavy atom. The van der Waals surface area contributed by atoms with Crippen LogP contribution >= 0.6 is 0 Å². The molecule has 0 radical (unpaired) electrons. The summed E-state index contributed by atoms with van der Waals surface area (Å²) in [5.74, 6) is -0.806. The van der Waals surface area contributed by atoms with Crippen LogP contribution in [0.4, 0.5) is 15.8 Å². The van der Waals surface area contributed by atoms with E-state index in [1.165, 1.54) is 48.5 Å². The molecule has 36 heavy (non-hydrogen) atoms. The van der Waals surface area contributed by atoms with Crippen molar-refractivity contribution >= 4 is 33.5 Å². The van der Waals surface area contributed by atoms with Crippen molar-refractivity contribution in [1.29, 1.82) is 0 Å². The minimum absolute atomic E-state index is 0.0316. The van der Waals surface area contributed by atoms with Gasteiger partial charge in [-0.05, 0) is 42.5 Å². The maximum absolute atomic E-state index is 13.5. The fourth-order valence-electron chi connectivity index (χ4n) is 3.34. The van der Waals surface area contributed by atoms with Gasteiger partial charge < -0.3 is 9.47 Å². The third-order valence-corrected chi connectivity index (χ3v) is 6.80. The van der Waals surface area contributed by atoms with Crippen LogP contribution in [0, 0.1) is 15.9 Å². The van der Waals surface area contributed by atoms with E-state index in [4.69, 9.17) is 9.47 Å². The number of fused-ring (bicyclic) bond motifs is 1. The van der Waals surface area contributed by atoms with Gasteiger partial charge in [0.1, 0.15) is 25.6 Å². The van der Waals surface area contributed by atoms with Crippen LogP contribution in [0.25, 0.3) is 0 Å². The second kappa shape index (κ2) is 10.4. The number of nitro benzene ring substituents is 1. The van der Waals surface area contributed by atoms with Crippen molar-refractivity contribution in [1.82, 2.24) is 5.43 Å². The van der Waals surface area contributed by atoms with Crippen molar-refractivity contribution < 1.29 is 32.0 Å². The number of sulfonamides is 1. The van der Waals surface area contributed by atoms with Crippen LogP contribution in [0.2, 0.25) is 0 Å². The number of ether oxygens (including phenoxy) is 2. The van der Waals surface area contributed by atoms with Gasteiger partial charge in [-0.3, -0.25) is 19.2 Å². The van der Waals surface area contributed by atoms with Gasteiger partial charge in [0.15, 0.2) is 11.5 Å². The average molecular weight is 514 g/mol. The molecule has 186 valence electrons. The summed E-state index contributed by atoms with van der Waals surface area (Å²) in [7, 11) is -4.32. The number of carbonyl (C=O) groups is 1. The first kappa shape index (κ1) is 24.6. The summed E-state index contributed by atoms with van der Waals surface area (Å²) >= 11 is 0. The molecule has 0 bridgehead atoms. The van der Waals surface area contributed by atoms with Crippen molar-refractivity contribution in [2.75, 3.05) is 24.1 Å². The van der Waals surface area contributed by atoms with Crippen LogP contribution in [-0.4, -0.2) is 45.2 Å². The number of hydrogen-bond acceptors (Lipinski definition) is 8. The van der Waals surface area contributed by atoms with Crippen molar-refractivity contribution in [2.45, 2.75) is 4.90 Å². The predicted molar refractivity (Wildman–Crippen MR) is 127 cm³/mol. The third kappa shape index (κ3) is 5.41. The van der Waals surface area contributed by atoms with E-state index in [2.05, 4.69) is 10.5 Å². The van der Waals surface area contributed by atoms with Gasteiger partial charge in [-0.2, -0.15) is 5.10 Å². The van der Waals surface area contributed by atoms with Gasteiger partial charge in [0.2, 0.25) is 0 Å². The van der Waals surface area contributed by atoms with E-state index < -0.39 is 33.2 Å². The molecule has 4 rings (SSSR count). The molecular weight excluding hydrogens is 495 g/mol. The Bertz CT molecular complexity index is 1430. The number of anilines is 1. The molecule has 1 aliphatic rings. The summed E-state index contributed by atoms with van der Waals surface area (Å²) in [5.41, 5.74) is 2.12. The zero-order valence-electron chi connectivity index (χ0n) is 18.5. The highest BCUT2D eigenvalue weighted by Gasteiger charge is 2.29. The molecule has 11 nitrogen and oxygen atoms in total. The summed E-state index contributed by atoms with van der Waals surface area (Å²) in [6, 6.07) is 14.4. The lowest BCUT2D eigenvalue weighted by molar-refractivity contribution is -0.385. The van der Waals surface area contributed by atoms with Gasteiger partial charge >= 0.3 is 0 Å². The fourth-order valence-corrected chi connectivity index (χ4v) is 4.77. The number of nitrogens with one attached hydrogen (secondary N) is 1. The number of hydrazone groups is 1. The van der Waals surface area contributed by atoms with E-state index in [1.807, 2.05) is 0 Å². The van der Waals surface area contributed by atoms with Crippen LogP contribution in [0.15, 0.2) is 76.7 Å². The zero-order chi connectivity index (χ0) is 25.7. The number of hydrogen-bond donors (Lipinski definition) is 1. The number of nitrogens with zero attached hydrogens (tertiary/aromatic N) is 3. The molecular formula is C23H19FN4O7S. The summed E-state index contributed by atoms with van der Waals surface area (Å²) in [4.78, 5) is 23.0. The Morgan fingerprint density at radius 2 is 1.78 bits per heavy atom. The van der Waals surface area contributed by atoms with Gasteiger partial charge in [0.05, 0.1) is 27.3 Å². The molecule has 0 atom stereocenters. The van der Waals surface area contributed by atoms with E-state index in [0.29, 0.717) is 12.4 Å². The van der Waals surface area contributed by atoms with Crippen molar-refractivity contribution in [3.8, 4) is 11.5 Å². The van der Waals surface area contributed by atoms with Gasteiger partial charge in [-0.1, -0.05) is 12.1 Å². The maximum atomic E-state index is 13.5. The smallest absolute Gasteiger partial charge is 0.278 e. The number of nitro groups is 1. The molecule has 0 fully saturated rings. The molecule has 0 spiro atoms. The highest BCUT2D eigenvalue weighted by molar-refractivity contribution is 7.92. The summed E-state index contributed by atoms with van der Waals surface area (Å²) in [6.07, 6.45) is 1.08. The summed E-state index contributed by atoms with van der Waals surface area (Å²) in [5, 5.41) is 14.8. The van der Waals surface area contributed by atoms with E-state index in [-0.39, 0.29) is 34.2 Å². The quantitative estimate of drug-likeness (QED) is 0.277. The first-order valence-corrected chi connectivity index (χ1v) is 11.9. The summed E-state index contributed by atoms with van der Waals surface area (Å²) in [6.45, 7) is -0.136. The second-order valence-electron chi connectivity index (χ2n) is 7.40. The molecule has 0 saturated heterocycles. The molecule has 13 heteroatoms. The second-order valence-corrected chi connectivity index (χ2v) is 9.26. The molecule has 0 saturated carbocycles. The van der Waals surface area contributed by atoms with E-state index in [9.17, 15) is 27.7 Å². The third-order valence-electron chi connectivity index (χ3n) is 5.03. The fraction of sp³-hybridized carbons (Fsp3) is 0.130. The Kier molecular flexibility index (Phi) is 7.10. The van der Waals surface area contributed by atoms with Gasteiger partial charge in [-0.25, -0.2) is 18.2 Å². The lowest BCUT2D eigenvalue weighted by Crippen LogP contribution is -2.39. The zero-order valence-corrected chi connectivity index (χ0v) is 19.4. The molecule has 0 aliphatic carbocycles. The standard InChI is InChI=1S/C23H19FN4O7S/c24-17-5-7-18(8-6-17)27(36(32,33)19-9-10-21-22(13-19)35-12-11-34-21)15-23(29)26-25-14-16-3-1-2-4-20(16)28(30)31/h1-10,13-14H,11-12,15H2,(H,26,29)/b25-14-. The minimum atomic E-state index is -4.32. The van der Waals surface area contributed by atoms with Crippen molar-refractivity contribution in [3.05, 3.63) is 88.2 Å². The molecule has 3 aromatic rings. The van der Waals surface area contributed by atoms with Gasteiger partial charge in [0, 0.05) is 12.1 Å². The van der Waals surface area contributed by atoms with Crippen molar-refractivity contribution in [3.63, 3.8) is 0 Å². The number of benzene rings is 3. The van der Waals surface area contributed by atoms with E-state index >= 15 is 0 Å². The van der Waals surface area contributed by atoms with Crippen LogP contribution in [0.3, 0.4) is 0 Å². The van der Waals surface area contributed by atoms with Gasteiger partial charge in [0.25, 0.3) is 21.6 Å². The van der Waals surface area contributed by atoms with Crippen LogP contribution in [-0.2, 0) is 14.8 Å². The topological polar surface area (TPSA) is 140 Å². The van der Waals surface area contributed by atoms with E-state index in [0.717, 1.165) is 22.7 Å². The number of rotatable bonds is 8. The molecule has 1 amide bonds. The Labute approximate surface area is 205 Å². The SMILES string of the molecule is O=C(CN(c1ccc(F)cc1)S(=O)(=O)c1ccc2c(c1)OCCO2)N/N=C\c1ccccc1[N+](=O)[O-]. The molecule has 1 aliphatic heterocycles. The molecule has 0 unspecified atom stereocenters. The van der Waals surface area contributed by atoms with E-state index in [1.54, 1.807) is 6.07 Å².